The first-order valence-electron chi connectivity index (χ1n) is 9.69. The fraction of sp³-hybridized carbons (Fsp3) is 0.435. The highest BCUT2D eigenvalue weighted by Crippen LogP contribution is 2.38. The highest BCUT2D eigenvalue weighted by molar-refractivity contribution is 5.87. The fourth-order valence-corrected chi connectivity index (χ4v) is 3.54. The van der Waals surface area contributed by atoms with Crippen molar-refractivity contribution in [2.75, 3.05) is 26.2 Å². The summed E-state index contributed by atoms with van der Waals surface area (Å²) in [5.41, 5.74) is 1.25. The van der Waals surface area contributed by atoms with Gasteiger partial charge in [-0.15, -0.1) is 0 Å². The van der Waals surface area contributed by atoms with E-state index in [-0.39, 0.29) is 19.8 Å². The molecule has 2 aromatic rings. The summed E-state index contributed by atoms with van der Waals surface area (Å²) in [5.74, 6) is -0.149. The molecular formula is C23H32ClNO2. The molecule has 0 spiro atoms. The van der Waals surface area contributed by atoms with Crippen molar-refractivity contribution in [3.8, 4) is 0 Å². The summed E-state index contributed by atoms with van der Waals surface area (Å²) in [6, 6.07) is 20.1. The van der Waals surface area contributed by atoms with Crippen LogP contribution in [0.15, 0.2) is 60.7 Å². The van der Waals surface area contributed by atoms with Crippen LogP contribution in [0.2, 0.25) is 0 Å². The van der Waals surface area contributed by atoms with Crippen LogP contribution in [0.4, 0.5) is 0 Å². The standard InChI is InChI=1S/C23H31NO2.ClH/c1-4-17-23(20-13-9-7-10-14-20,21-15-11-8-12-16-21)22(25)26-19-18-24(5-2)6-3;/h7-16H,4-6,17-19H2,1-3H3;1H. The smallest absolute Gasteiger partial charge is 1.00 e. The molecule has 0 aliphatic heterocycles. The van der Waals surface area contributed by atoms with Gasteiger partial charge in [-0.2, -0.15) is 0 Å². The van der Waals surface area contributed by atoms with Gasteiger partial charge in [0.1, 0.15) is 12.0 Å². The van der Waals surface area contributed by atoms with Gasteiger partial charge in [0.2, 0.25) is 0 Å². The third-order valence-electron chi connectivity index (χ3n) is 5.04. The molecule has 2 aromatic carbocycles. The third kappa shape index (κ3) is 5.57. The molecule has 0 N–H and O–H groups in total. The number of carbonyl (C=O) groups is 1. The lowest BCUT2D eigenvalue weighted by molar-refractivity contribution is -0.149. The van der Waals surface area contributed by atoms with Crippen LogP contribution in [0.5, 0.6) is 0 Å². The molecule has 27 heavy (non-hydrogen) atoms. The number of rotatable bonds is 10. The number of hydrogen-bond acceptors (Lipinski definition) is 3. The predicted octanol–water partition coefficient (Wildman–Crippen LogP) is 1.77. The molecule has 0 amide bonds. The van der Waals surface area contributed by atoms with Crippen molar-refractivity contribution >= 4 is 5.97 Å². The number of ether oxygens (including phenoxy) is 1. The van der Waals surface area contributed by atoms with Gasteiger partial charge in [0.25, 0.3) is 0 Å². The molecule has 0 fully saturated rings. The van der Waals surface area contributed by atoms with E-state index in [0.29, 0.717) is 6.61 Å². The van der Waals surface area contributed by atoms with Gasteiger partial charge in [0, 0.05) is 6.54 Å². The third-order valence-corrected chi connectivity index (χ3v) is 5.04. The van der Waals surface area contributed by atoms with Crippen LogP contribution in [0.25, 0.3) is 0 Å². The Hall–Kier alpha value is -1.84. The topological polar surface area (TPSA) is 29.5 Å². The van der Waals surface area contributed by atoms with Crippen molar-refractivity contribution in [3.05, 3.63) is 71.8 Å². The van der Waals surface area contributed by atoms with E-state index in [0.717, 1.165) is 43.6 Å². The van der Waals surface area contributed by atoms with Crippen LogP contribution in [-0.2, 0) is 14.9 Å². The van der Waals surface area contributed by atoms with E-state index >= 15 is 0 Å². The van der Waals surface area contributed by atoms with Crippen molar-refractivity contribution < 1.29 is 23.4 Å². The molecule has 0 saturated carbocycles. The van der Waals surface area contributed by atoms with Gasteiger partial charge in [-0.1, -0.05) is 87.9 Å². The quantitative estimate of drug-likeness (QED) is 0.580. The number of nitrogens with zero attached hydrogens (tertiary/aromatic N) is 1. The Morgan fingerprint density at radius 2 is 1.41 bits per heavy atom. The highest BCUT2D eigenvalue weighted by Gasteiger charge is 2.42. The first-order valence-corrected chi connectivity index (χ1v) is 9.69. The minimum Gasteiger partial charge on any atom is -1.00 e. The summed E-state index contributed by atoms with van der Waals surface area (Å²) in [6.45, 7) is 9.48. The number of carbonyl (C=O) groups excluding carboxylic acids is 1. The van der Waals surface area contributed by atoms with Crippen LogP contribution in [0.3, 0.4) is 0 Å². The summed E-state index contributed by atoms with van der Waals surface area (Å²) in [6.07, 6.45) is 1.63. The minimum absolute atomic E-state index is 0. The lowest BCUT2D eigenvalue weighted by atomic mass is 9.71. The second kappa shape index (κ2) is 11.8. The number of hydrogen-bond donors (Lipinski definition) is 0. The van der Waals surface area contributed by atoms with Crippen LogP contribution < -0.4 is 12.4 Å². The van der Waals surface area contributed by atoms with Gasteiger partial charge in [0.15, 0.2) is 0 Å². The summed E-state index contributed by atoms with van der Waals surface area (Å²) in [5, 5.41) is 0. The predicted molar refractivity (Wildman–Crippen MR) is 108 cm³/mol. The van der Waals surface area contributed by atoms with E-state index in [2.05, 4.69) is 25.7 Å². The molecule has 0 radical (unpaired) electrons. The van der Waals surface area contributed by atoms with Gasteiger partial charge < -0.3 is 22.0 Å². The number of likely N-dealkylation sites (N-methyl/N-ethyl adjacent to an activating group) is 1. The molecule has 4 heteroatoms. The Balaban J connectivity index is 0.00000364. The van der Waals surface area contributed by atoms with Crippen LogP contribution >= 0.6 is 0 Å². The zero-order chi connectivity index (χ0) is 18.8. The van der Waals surface area contributed by atoms with Gasteiger partial charge in [-0.05, 0) is 30.6 Å². The van der Waals surface area contributed by atoms with Crippen LogP contribution in [0, 0.1) is 0 Å². The zero-order valence-corrected chi connectivity index (χ0v) is 17.4. The van der Waals surface area contributed by atoms with Crippen molar-refractivity contribution in [2.45, 2.75) is 39.0 Å². The minimum atomic E-state index is -0.749. The molecule has 0 saturated heterocycles. The fourth-order valence-electron chi connectivity index (χ4n) is 3.54. The molecule has 0 heterocycles. The molecule has 3 nitrogen and oxygen atoms in total. The maximum atomic E-state index is 13.4. The molecule has 148 valence electrons. The molecule has 0 atom stereocenters. The van der Waals surface area contributed by atoms with Crippen molar-refractivity contribution in [3.63, 3.8) is 0 Å². The van der Waals surface area contributed by atoms with Crippen molar-refractivity contribution in [1.82, 2.24) is 4.90 Å². The number of esters is 1. The van der Waals surface area contributed by atoms with Gasteiger partial charge >= 0.3 is 7.40 Å². The van der Waals surface area contributed by atoms with Gasteiger partial charge in [0.05, 0.1) is 0 Å². The highest BCUT2D eigenvalue weighted by atomic mass is 35.5. The maximum absolute atomic E-state index is 13.4. The number of benzene rings is 2. The molecule has 0 aromatic heterocycles. The lowest BCUT2D eigenvalue weighted by Gasteiger charge is -2.33. The average molecular weight is 390 g/mol. The SMILES string of the molecule is CCCC(C(=O)OCCN(CC)CC)(c1ccccc1)c1ccccc1.[Cl-].[H+]. The molecule has 0 aliphatic carbocycles. The second-order valence-corrected chi connectivity index (χ2v) is 6.55. The first-order chi connectivity index (χ1) is 12.7. The monoisotopic (exact) mass is 389 g/mol. The average Bonchev–Trinajstić information content (AvgIpc) is 2.70. The van der Waals surface area contributed by atoms with Crippen LogP contribution in [0.1, 0.15) is 46.2 Å². The Labute approximate surface area is 171 Å². The molecule has 0 aliphatic rings. The molecule has 0 bridgehead atoms. The Morgan fingerprint density at radius 1 is 0.926 bits per heavy atom. The maximum Gasteiger partial charge on any atom is 1.00 e. The lowest BCUT2D eigenvalue weighted by Crippen LogP contribution is -3.00. The van der Waals surface area contributed by atoms with E-state index < -0.39 is 5.41 Å². The first kappa shape index (κ1) is 23.2. The molecule has 0 unspecified atom stereocenters. The van der Waals surface area contributed by atoms with Gasteiger partial charge in [-0.25, -0.2) is 0 Å². The zero-order valence-electron chi connectivity index (χ0n) is 17.7. The normalized spacial score (nSPS) is 11.1. The summed E-state index contributed by atoms with van der Waals surface area (Å²) in [7, 11) is 0. The second-order valence-electron chi connectivity index (χ2n) is 6.55. The Morgan fingerprint density at radius 3 is 1.81 bits per heavy atom. The Bertz CT molecular complexity index is 623. The van der Waals surface area contributed by atoms with E-state index in [1.807, 2.05) is 60.7 Å². The van der Waals surface area contributed by atoms with Gasteiger partial charge in [-0.3, -0.25) is 4.79 Å². The van der Waals surface area contributed by atoms with Crippen molar-refractivity contribution in [2.24, 2.45) is 0 Å². The van der Waals surface area contributed by atoms with E-state index in [9.17, 15) is 4.79 Å². The van der Waals surface area contributed by atoms with E-state index in [4.69, 9.17) is 4.74 Å². The molecule has 2 rings (SSSR count). The summed E-state index contributed by atoms with van der Waals surface area (Å²) in [4.78, 5) is 15.6. The summed E-state index contributed by atoms with van der Waals surface area (Å²) < 4.78 is 5.82. The number of halogens is 1. The van der Waals surface area contributed by atoms with Crippen molar-refractivity contribution in [1.29, 1.82) is 0 Å². The van der Waals surface area contributed by atoms with E-state index in [1.165, 1.54) is 0 Å². The Kier molecular flexibility index (Phi) is 10.1. The van der Waals surface area contributed by atoms with Crippen LogP contribution in [-0.4, -0.2) is 37.1 Å². The summed E-state index contributed by atoms with van der Waals surface area (Å²) >= 11 is 0. The van der Waals surface area contributed by atoms with E-state index in [1.54, 1.807) is 0 Å². The largest absolute Gasteiger partial charge is 1.00 e. The molecular weight excluding hydrogens is 358 g/mol.